The number of amides is 1. The summed E-state index contributed by atoms with van der Waals surface area (Å²) < 4.78 is 0. The maximum Gasteiger partial charge on any atom is 0.257 e. The summed E-state index contributed by atoms with van der Waals surface area (Å²) >= 11 is 2.98. The van der Waals surface area contributed by atoms with Crippen LogP contribution in [0.5, 0.6) is 0 Å². The number of thioether (sulfide) groups is 1. The van der Waals surface area contributed by atoms with Crippen molar-refractivity contribution in [2.45, 2.75) is 17.8 Å². The minimum absolute atomic E-state index is 0.149. The quantitative estimate of drug-likeness (QED) is 0.702. The lowest BCUT2D eigenvalue weighted by molar-refractivity contribution is 0.102. The number of hydrogen-bond donors (Lipinski definition) is 2. The van der Waals surface area contributed by atoms with E-state index in [4.69, 9.17) is 0 Å². The van der Waals surface area contributed by atoms with Crippen LogP contribution in [-0.2, 0) is 5.75 Å². The Labute approximate surface area is 135 Å². The van der Waals surface area contributed by atoms with Crippen molar-refractivity contribution < 1.29 is 4.79 Å². The highest BCUT2D eigenvalue weighted by Crippen LogP contribution is 2.19. The van der Waals surface area contributed by atoms with Crippen molar-refractivity contribution in [3.63, 3.8) is 0 Å². The number of aromatic nitrogens is 4. The van der Waals surface area contributed by atoms with Gasteiger partial charge in [-0.15, -0.1) is 11.3 Å². The highest BCUT2D eigenvalue weighted by molar-refractivity contribution is 7.98. The Hall–Kier alpha value is -2.19. The van der Waals surface area contributed by atoms with Gasteiger partial charge in [-0.2, -0.15) is 5.10 Å². The van der Waals surface area contributed by atoms with Crippen LogP contribution in [0.4, 0.5) is 5.13 Å². The number of aryl methyl sites for hydroxylation is 1. The molecule has 0 unspecified atom stereocenters. The van der Waals surface area contributed by atoms with Crippen LogP contribution < -0.4 is 5.32 Å². The summed E-state index contributed by atoms with van der Waals surface area (Å²) in [5, 5.41) is 12.7. The smallest absolute Gasteiger partial charge is 0.257 e. The second-order valence-electron chi connectivity index (χ2n) is 4.52. The van der Waals surface area contributed by atoms with Crippen molar-refractivity contribution in [1.29, 1.82) is 0 Å². The number of rotatable bonds is 5. The van der Waals surface area contributed by atoms with Crippen LogP contribution in [0.3, 0.4) is 0 Å². The first-order valence-corrected chi connectivity index (χ1v) is 8.38. The fourth-order valence-electron chi connectivity index (χ4n) is 1.75. The number of anilines is 1. The molecule has 0 aliphatic carbocycles. The van der Waals surface area contributed by atoms with Crippen molar-refractivity contribution in [2.75, 3.05) is 5.32 Å². The molecule has 0 aliphatic rings. The molecule has 3 rings (SSSR count). The van der Waals surface area contributed by atoms with Crippen LogP contribution in [0.15, 0.2) is 41.1 Å². The first kappa shape index (κ1) is 14.7. The van der Waals surface area contributed by atoms with E-state index < -0.39 is 0 Å². The minimum atomic E-state index is -0.149. The van der Waals surface area contributed by atoms with Gasteiger partial charge >= 0.3 is 0 Å². The van der Waals surface area contributed by atoms with E-state index in [1.54, 1.807) is 11.8 Å². The lowest BCUT2D eigenvalue weighted by Crippen LogP contribution is -2.11. The van der Waals surface area contributed by atoms with Crippen LogP contribution >= 0.6 is 23.1 Å². The van der Waals surface area contributed by atoms with Gasteiger partial charge in [-0.3, -0.25) is 15.2 Å². The number of carbonyl (C=O) groups excluding carboxylic acids is 1. The first-order chi connectivity index (χ1) is 10.7. The molecule has 0 radical (unpaired) electrons. The molecule has 0 aliphatic heterocycles. The van der Waals surface area contributed by atoms with E-state index in [-0.39, 0.29) is 5.91 Å². The van der Waals surface area contributed by atoms with Gasteiger partial charge in [-0.25, -0.2) is 9.97 Å². The van der Waals surface area contributed by atoms with Gasteiger partial charge in [0.15, 0.2) is 10.3 Å². The summed E-state index contributed by atoms with van der Waals surface area (Å²) in [6.07, 6.45) is 1.48. The third kappa shape index (κ3) is 3.71. The Morgan fingerprint density at radius 1 is 1.36 bits per heavy atom. The molecule has 22 heavy (non-hydrogen) atoms. The lowest BCUT2D eigenvalue weighted by Gasteiger charge is -2.03. The molecular weight excluding hydrogens is 318 g/mol. The molecule has 1 amide bonds. The van der Waals surface area contributed by atoms with E-state index in [1.165, 1.54) is 17.7 Å². The summed E-state index contributed by atoms with van der Waals surface area (Å²) in [5.74, 6) is 0.617. The second kappa shape index (κ2) is 6.71. The molecule has 1 aromatic carbocycles. The predicted molar refractivity (Wildman–Crippen MR) is 87.2 cm³/mol. The molecule has 2 N–H and O–H groups in total. The zero-order chi connectivity index (χ0) is 15.4. The fraction of sp³-hybridized carbons (Fsp3) is 0.143. The molecule has 112 valence electrons. The first-order valence-electron chi connectivity index (χ1n) is 6.51. The van der Waals surface area contributed by atoms with Gasteiger partial charge in [0.1, 0.15) is 6.33 Å². The van der Waals surface area contributed by atoms with Crippen LogP contribution in [0.25, 0.3) is 0 Å². The Kier molecular flexibility index (Phi) is 4.50. The van der Waals surface area contributed by atoms with Crippen molar-refractivity contribution in [1.82, 2.24) is 20.2 Å². The molecule has 0 saturated heterocycles. The molecule has 2 heterocycles. The standard InChI is InChI=1S/C14H13N5OS2/c1-9-6-21-14(17-9)18-12(20)11-4-2-10(3-5-11)7-22-13-15-8-16-19-13/h2-6,8H,7H2,1H3,(H,15,16,19)(H,17,18,20). The number of thiazole rings is 1. The van der Waals surface area contributed by atoms with Gasteiger partial charge < -0.3 is 0 Å². The van der Waals surface area contributed by atoms with Gasteiger partial charge in [0, 0.05) is 16.7 Å². The Morgan fingerprint density at radius 3 is 2.82 bits per heavy atom. The van der Waals surface area contributed by atoms with E-state index in [1.807, 2.05) is 36.6 Å². The molecule has 6 nitrogen and oxygen atoms in total. The Balaban J connectivity index is 1.59. The van der Waals surface area contributed by atoms with Gasteiger partial charge in [0.05, 0.1) is 5.69 Å². The number of benzene rings is 1. The molecule has 0 bridgehead atoms. The number of nitrogens with one attached hydrogen (secondary N) is 2. The van der Waals surface area contributed by atoms with Crippen LogP contribution in [0, 0.1) is 6.92 Å². The fourth-order valence-corrected chi connectivity index (χ4v) is 3.17. The number of aromatic amines is 1. The molecule has 0 spiro atoms. The van der Waals surface area contributed by atoms with Gasteiger partial charge in [-0.05, 0) is 24.6 Å². The lowest BCUT2D eigenvalue weighted by atomic mass is 10.1. The molecular formula is C14H13N5OS2. The van der Waals surface area contributed by atoms with Crippen LogP contribution in [0.2, 0.25) is 0 Å². The normalized spacial score (nSPS) is 10.6. The third-order valence-corrected chi connectivity index (χ3v) is 4.65. The van der Waals surface area contributed by atoms with Crippen molar-refractivity contribution in [3.05, 3.63) is 52.8 Å². The molecule has 0 atom stereocenters. The average Bonchev–Trinajstić information content (AvgIpc) is 3.17. The van der Waals surface area contributed by atoms with E-state index in [9.17, 15) is 4.79 Å². The number of H-pyrrole nitrogens is 1. The maximum atomic E-state index is 12.1. The summed E-state index contributed by atoms with van der Waals surface area (Å²) in [6, 6.07) is 7.49. The van der Waals surface area contributed by atoms with Gasteiger partial charge in [0.25, 0.3) is 5.91 Å². The van der Waals surface area contributed by atoms with Gasteiger partial charge in [0.2, 0.25) is 0 Å². The number of carbonyl (C=O) groups is 1. The average molecular weight is 331 g/mol. The van der Waals surface area contributed by atoms with E-state index >= 15 is 0 Å². The Morgan fingerprint density at radius 2 is 2.18 bits per heavy atom. The van der Waals surface area contributed by atoms with Crippen molar-refractivity contribution in [3.8, 4) is 0 Å². The highest BCUT2D eigenvalue weighted by atomic mass is 32.2. The third-order valence-electron chi connectivity index (χ3n) is 2.82. The van der Waals surface area contributed by atoms with Crippen LogP contribution in [0.1, 0.15) is 21.6 Å². The van der Waals surface area contributed by atoms with Gasteiger partial charge in [-0.1, -0.05) is 23.9 Å². The van der Waals surface area contributed by atoms with E-state index in [2.05, 4.69) is 25.5 Å². The molecule has 2 aromatic heterocycles. The summed E-state index contributed by atoms with van der Waals surface area (Å²) in [6.45, 7) is 1.90. The zero-order valence-electron chi connectivity index (χ0n) is 11.7. The number of nitrogens with zero attached hydrogens (tertiary/aromatic N) is 3. The second-order valence-corrected chi connectivity index (χ2v) is 6.35. The zero-order valence-corrected chi connectivity index (χ0v) is 13.4. The summed E-state index contributed by atoms with van der Waals surface area (Å²) in [4.78, 5) is 20.4. The molecule has 0 fully saturated rings. The van der Waals surface area contributed by atoms with E-state index in [0.717, 1.165) is 22.2 Å². The van der Waals surface area contributed by atoms with E-state index in [0.29, 0.717) is 10.7 Å². The minimum Gasteiger partial charge on any atom is -0.298 e. The highest BCUT2D eigenvalue weighted by Gasteiger charge is 2.08. The monoisotopic (exact) mass is 331 g/mol. The number of hydrogen-bond acceptors (Lipinski definition) is 6. The predicted octanol–water partition coefficient (Wildman–Crippen LogP) is 3.11. The largest absolute Gasteiger partial charge is 0.298 e. The summed E-state index contributed by atoms with van der Waals surface area (Å²) in [5.41, 5.74) is 2.63. The van der Waals surface area contributed by atoms with Crippen molar-refractivity contribution >= 4 is 34.1 Å². The summed E-state index contributed by atoms with van der Waals surface area (Å²) in [7, 11) is 0. The SMILES string of the molecule is Cc1csc(NC(=O)c2ccc(CSc3ncn[nH]3)cc2)n1. The van der Waals surface area contributed by atoms with Crippen molar-refractivity contribution in [2.24, 2.45) is 0 Å². The molecule has 3 aromatic rings. The molecule has 8 heteroatoms. The van der Waals surface area contributed by atoms with Crippen LogP contribution in [-0.4, -0.2) is 26.1 Å². The topological polar surface area (TPSA) is 83.6 Å². The Bertz CT molecular complexity index is 752. The maximum absolute atomic E-state index is 12.1. The molecule has 0 saturated carbocycles.